The number of amides is 1. The van der Waals surface area contributed by atoms with Crippen molar-refractivity contribution in [2.24, 2.45) is 0 Å². The number of aliphatic hydroxyl groups is 2. The third kappa shape index (κ3) is 4.32. The number of halogens is 1. The van der Waals surface area contributed by atoms with Crippen LogP contribution in [-0.4, -0.2) is 61.0 Å². The molecule has 4 atom stereocenters. The zero-order valence-corrected chi connectivity index (χ0v) is 18.7. The van der Waals surface area contributed by atoms with Gasteiger partial charge in [0.05, 0.1) is 6.33 Å². The summed E-state index contributed by atoms with van der Waals surface area (Å²) in [5, 5.41) is 26.7. The number of aromatic nitrogens is 4. The molecule has 0 radical (unpaired) electrons. The first kappa shape index (κ1) is 22.8. The Balaban J connectivity index is 1.58. The third-order valence-electron chi connectivity index (χ3n) is 5.82. The molecule has 1 aliphatic rings. The van der Waals surface area contributed by atoms with Crippen LogP contribution in [0.25, 0.3) is 22.6 Å². The average molecular weight is 478 g/mol. The number of fused-ring (bicyclic) bond motifs is 1. The number of nitrogens with one attached hydrogen (secondary N) is 2. The number of benzene rings is 2. The molecule has 4 aromatic rings. The zero-order valence-electron chi connectivity index (χ0n) is 18.7. The van der Waals surface area contributed by atoms with Crippen LogP contribution in [0.3, 0.4) is 0 Å². The molecule has 4 unspecified atom stereocenters. The quantitative estimate of drug-likeness (QED) is 0.328. The molecule has 35 heavy (non-hydrogen) atoms. The van der Waals surface area contributed by atoms with Crippen LogP contribution in [0.2, 0.25) is 0 Å². The summed E-state index contributed by atoms with van der Waals surface area (Å²) >= 11 is 0. The van der Waals surface area contributed by atoms with Crippen molar-refractivity contribution in [2.75, 3.05) is 12.4 Å². The first-order valence-corrected chi connectivity index (χ1v) is 11.0. The van der Waals surface area contributed by atoms with Gasteiger partial charge < -0.3 is 25.6 Å². The van der Waals surface area contributed by atoms with Gasteiger partial charge >= 0.3 is 0 Å². The Morgan fingerprint density at radius 2 is 1.91 bits per heavy atom. The summed E-state index contributed by atoms with van der Waals surface area (Å²) in [6, 6.07) is 15.6. The summed E-state index contributed by atoms with van der Waals surface area (Å²) in [5.74, 6) is -0.383. The number of rotatable bonds is 6. The molecular weight excluding hydrogens is 455 g/mol. The minimum absolute atomic E-state index is 0.227. The van der Waals surface area contributed by atoms with Crippen LogP contribution in [0, 0.1) is 5.82 Å². The van der Waals surface area contributed by atoms with Gasteiger partial charge in [0.2, 0.25) is 0 Å². The number of aliphatic hydroxyl groups excluding tert-OH is 2. The molecule has 1 amide bonds. The molecule has 180 valence electrons. The van der Waals surface area contributed by atoms with Crippen molar-refractivity contribution in [2.45, 2.75) is 31.1 Å². The normalized spacial score (nSPS) is 21.8. The van der Waals surface area contributed by atoms with Gasteiger partial charge in [-0.3, -0.25) is 9.36 Å². The van der Waals surface area contributed by atoms with Crippen LogP contribution in [0.15, 0.2) is 60.9 Å². The zero-order chi connectivity index (χ0) is 24.5. The van der Waals surface area contributed by atoms with E-state index in [0.717, 1.165) is 5.56 Å². The second kappa shape index (κ2) is 9.37. The molecule has 3 heterocycles. The van der Waals surface area contributed by atoms with Crippen LogP contribution in [0.5, 0.6) is 0 Å². The Hall–Kier alpha value is -3.93. The van der Waals surface area contributed by atoms with E-state index in [1.165, 1.54) is 30.1 Å². The molecule has 11 heteroatoms. The van der Waals surface area contributed by atoms with Crippen molar-refractivity contribution in [3.05, 3.63) is 72.3 Å². The number of nitrogens with zero attached hydrogens (tertiary/aromatic N) is 4. The van der Waals surface area contributed by atoms with E-state index in [9.17, 15) is 19.4 Å². The predicted molar refractivity (Wildman–Crippen MR) is 124 cm³/mol. The number of ether oxygens (including phenoxy) is 1. The Bertz CT molecular complexity index is 1360. The summed E-state index contributed by atoms with van der Waals surface area (Å²) in [6.07, 6.45) is -3.86. The van der Waals surface area contributed by atoms with E-state index in [1.54, 1.807) is 12.1 Å². The maximum atomic E-state index is 13.9. The van der Waals surface area contributed by atoms with Gasteiger partial charge in [0.25, 0.3) is 5.91 Å². The van der Waals surface area contributed by atoms with Gasteiger partial charge in [-0.2, -0.15) is 0 Å². The van der Waals surface area contributed by atoms with Crippen molar-refractivity contribution >= 4 is 22.9 Å². The maximum absolute atomic E-state index is 13.9. The molecule has 1 saturated heterocycles. The number of imidazole rings is 1. The molecule has 10 nitrogen and oxygen atoms in total. The van der Waals surface area contributed by atoms with E-state index in [4.69, 9.17) is 4.74 Å². The fourth-order valence-corrected chi connectivity index (χ4v) is 4.01. The largest absolute Gasteiger partial charge is 0.387 e. The highest BCUT2D eigenvalue weighted by Crippen LogP contribution is 2.33. The smallest absolute Gasteiger partial charge is 0.251 e. The molecule has 4 N–H and O–H groups in total. The van der Waals surface area contributed by atoms with E-state index in [1.807, 2.05) is 30.3 Å². The van der Waals surface area contributed by atoms with Crippen molar-refractivity contribution in [1.82, 2.24) is 24.8 Å². The molecule has 2 aromatic heterocycles. The van der Waals surface area contributed by atoms with E-state index >= 15 is 0 Å². The van der Waals surface area contributed by atoms with E-state index < -0.39 is 36.3 Å². The summed E-state index contributed by atoms with van der Waals surface area (Å²) in [6.45, 7) is 0.447. The topological polar surface area (TPSA) is 134 Å². The highest BCUT2D eigenvalue weighted by atomic mass is 19.1. The number of likely N-dealkylation sites (N-methyl/N-ethyl adjacent to an activating group) is 1. The molecule has 0 spiro atoms. The predicted octanol–water partition coefficient (Wildman–Crippen LogP) is 1.61. The fraction of sp³-hybridized carbons (Fsp3) is 0.250. The number of carbonyl (C=O) groups is 1. The number of hydrogen-bond donors (Lipinski definition) is 4. The SMILES string of the molecule is CNC(=O)C1OC(n2cnc3c(NCc4ccccc4)nc(-c4cccc(F)c4)nc32)C(O)C1O. The monoisotopic (exact) mass is 478 g/mol. The van der Waals surface area contributed by atoms with Crippen LogP contribution in [0.4, 0.5) is 10.2 Å². The van der Waals surface area contributed by atoms with Crippen molar-refractivity contribution in [3.63, 3.8) is 0 Å². The van der Waals surface area contributed by atoms with Gasteiger partial charge in [0.1, 0.15) is 18.0 Å². The van der Waals surface area contributed by atoms with Crippen molar-refractivity contribution < 1.29 is 24.1 Å². The lowest BCUT2D eigenvalue weighted by Crippen LogP contribution is -2.41. The second-order valence-electron chi connectivity index (χ2n) is 8.11. The highest BCUT2D eigenvalue weighted by molar-refractivity contribution is 5.85. The summed E-state index contributed by atoms with van der Waals surface area (Å²) in [7, 11) is 1.41. The molecular formula is C24H23FN6O4. The Labute approximate surface area is 199 Å². The maximum Gasteiger partial charge on any atom is 0.251 e. The molecule has 0 saturated carbocycles. The Kier molecular flexibility index (Phi) is 6.12. The first-order valence-electron chi connectivity index (χ1n) is 11.0. The van der Waals surface area contributed by atoms with Crippen LogP contribution in [0.1, 0.15) is 11.8 Å². The molecule has 0 bridgehead atoms. The highest BCUT2D eigenvalue weighted by Gasteiger charge is 2.47. The number of anilines is 1. The lowest BCUT2D eigenvalue weighted by Gasteiger charge is -2.17. The van der Waals surface area contributed by atoms with E-state index in [-0.39, 0.29) is 11.5 Å². The molecule has 2 aromatic carbocycles. The number of hydrogen-bond acceptors (Lipinski definition) is 8. The molecule has 1 aliphatic heterocycles. The Morgan fingerprint density at radius 3 is 2.66 bits per heavy atom. The van der Waals surface area contributed by atoms with Crippen LogP contribution >= 0.6 is 0 Å². The lowest BCUT2D eigenvalue weighted by atomic mass is 10.1. The fourth-order valence-electron chi connectivity index (χ4n) is 4.01. The standard InChI is InChI=1S/C24H23FN6O4/c1-26-23(34)19-17(32)18(33)24(35-19)31-12-28-16-21(27-11-13-6-3-2-4-7-13)29-20(30-22(16)31)14-8-5-9-15(25)10-14/h2-10,12,17-19,24,32-33H,11H2,1H3,(H,26,34)(H,27,29,30). The van der Waals surface area contributed by atoms with Crippen LogP contribution < -0.4 is 10.6 Å². The van der Waals surface area contributed by atoms with Gasteiger partial charge in [-0.05, 0) is 17.7 Å². The summed E-state index contributed by atoms with van der Waals surface area (Å²) in [5.41, 5.74) is 2.12. The number of carbonyl (C=O) groups excluding carboxylic acids is 1. The first-order chi connectivity index (χ1) is 17.0. The summed E-state index contributed by atoms with van der Waals surface area (Å²) < 4.78 is 21.1. The average Bonchev–Trinajstić information content (AvgIpc) is 3.43. The summed E-state index contributed by atoms with van der Waals surface area (Å²) in [4.78, 5) is 25.6. The second-order valence-corrected chi connectivity index (χ2v) is 8.11. The minimum atomic E-state index is -1.45. The van der Waals surface area contributed by atoms with Gasteiger partial charge in [0.15, 0.2) is 35.1 Å². The van der Waals surface area contributed by atoms with Gasteiger partial charge in [-0.1, -0.05) is 42.5 Å². The van der Waals surface area contributed by atoms with Crippen molar-refractivity contribution in [3.8, 4) is 11.4 Å². The lowest BCUT2D eigenvalue weighted by molar-refractivity contribution is -0.137. The minimum Gasteiger partial charge on any atom is -0.387 e. The third-order valence-corrected chi connectivity index (χ3v) is 5.82. The molecule has 1 fully saturated rings. The van der Waals surface area contributed by atoms with E-state index in [0.29, 0.717) is 23.4 Å². The van der Waals surface area contributed by atoms with Gasteiger partial charge in [-0.15, -0.1) is 0 Å². The van der Waals surface area contributed by atoms with E-state index in [2.05, 4.69) is 25.6 Å². The van der Waals surface area contributed by atoms with Crippen molar-refractivity contribution in [1.29, 1.82) is 0 Å². The molecule has 5 rings (SSSR count). The molecule has 0 aliphatic carbocycles. The Morgan fingerprint density at radius 1 is 1.11 bits per heavy atom. The van der Waals surface area contributed by atoms with Crippen LogP contribution in [-0.2, 0) is 16.1 Å². The van der Waals surface area contributed by atoms with Gasteiger partial charge in [-0.25, -0.2) is 19.3 Å². The van der Waals surface area contributed by atoms with Gasteiger partial charge in [0, 0.05) is 19.2 Å².